The van der Waals surface area contributed by atoms with E-state index in [4.69, 9.17) is 20.4 Å². The molecule has 2 aromatic carbocycles. The summed E-state index contributed by atoms with van der Waals surface area (Å²) in [5, 5.41) is 4.36. The zero-order valence-electron chi connectivity index (χ0n) is 19.3. The molecule has 174 valence electrons. The van der Waals surface area contributed by atoms with Crippen LogP contribution >= 0.6 is 0 Å². The fraction of sp³-hybridized carbons (Fsp3) is 0.296. The van der Waals surface area contributed by atoms with Gasteiger partial charge in [-0.2, -0.15) is 4.98 Å². The number of hydrogen-bond donors (Lipinski definition) is 2. The molecule has 0 radical (unpaired) electrons. The molecular weight excluding hydrogens is 426 g/mol. The van der Waals surface area contributed by atoms with Gasteiger partial charge in [0.1, 0.15) is 5.82 Å². The van der Waals surface area contributed by atoms with Crippen LogP contribution in [0.4, 0.5) is 5.82 Å². The summed E-state index contributed by atoms with van der Waals surface area (Å²) in [4.78, 5) is 21.7. The SMILES string of the molecule is Cc1cc2c(C(N)=O)cccc2n1-c1ncc(CC2CCOCC2)c(NCc2ccccc2)n1. The number of hydrogen-bond acceptors (Lipinski definition) is 5. The van der Waals surface area contributed by atoms with E-state index in [9.17, 15) is 4.79 Å². The molecular formula is C27H29N5O2. The molecule has 0 spiro atoms. The van der Waals surface area contributed by atoms with Gasteiger partial charge in [0.2, 0.25) is 11.9 Å². The van der Waals surface area contributed by atoms with Crippen molar-refractivity contribution >= 4 is 22.6 Å². The summed E-state index contributed by atoms with van der Waals surface area (Å²) in [6.07, 6.45) is 4.96. The van der Waals surface area contributed by atoms with Gasteiger partial charge in [0, 0.05) is 48.2 Å². The molecule has 0 unspecified atom stereocenters. The quantitative estimate of drug-likeness (QED) is 0.430. The lowest BCUT2D eigenvalue weighted by atomic mass is 9.93. The summed E-state index contributed by atoms with van der Waals surface area (Å²) in [5.41, 5.74) is 10.2. The van der Waals surface area contributed by atoms with Gasteiger partial charge in [-0.05, 0) is 55.9 Å². The molecule has 0 bridgehead atoms. The van der Waals surface area contributed by atoms with Gasteiger partial charge in [0.05, 0.1) is 5.52 Å². The normalized spacial score (nSPS) is 14.4. The molecule has 5 rings (SSSR count). The average molecular weight is 456 g/mol. The van der Waals surface area contributed by atoms with Crippen molar-refractivity contribution in [3.63, 3.8) is 0 Å². The van der Waals surface area contributed by atoms with Crippen LogP contribution in [-0.2, 0) is 17.7 Å². The standard InChI is InChI=1S/C27H29N5O2/c1-18-14-23-22(25(28)33)8-5-9-24(23)32(18)27-30-17-21(15-19-10-12-34-13-11-19)26(31-27)29-16-20-6-3-2-4-7-20/h2-9,14,17,19H,10-13,15-16H2,1H3,(H2,28,33)(H,29,30,31). The van der Waals surface area contributed by atoms with Gasteiger partial charge in [0.15, 0.2) is 0 Å². The second kappa shape index (κ2) is 9.65. The maximum atomic E-state index is 11.9. The number of fused-ring (bicyclic) bond motifs is 1. The number of carbonyl (C=O) groups excluding carboxylic acids is 1. The summed E-state index contributed by atoms with van der Waals surface area (Å²) < 4.78 is 7.52. The Bertz CT molecular complexity index is 1310. The number of benzene rings is 2. The first-order valence-electron chi connectivity index (χ1n) is 11.7. The van der Waals surface area contributed by atoms with E-state index in [0.29, 0.717) is 24.0 Å². The fourth-order valence-electron chi connectivity index (χ4n) is 4.69. The third kappa shape index (κ3) is 4.52. The summed E-state index contributed by atoms with van der Waals surface area (Å²) >= 11 is 0. The third-order valence-electron chi connectivity index (χ3n) is 6.50. The number of aromatic nitrogens is 3. The number of nitrogens with two attached hydrogens (primary N) is 1. The molecule has 1 aliphatic heterocycles. The number of ether oxygens (including phenoxy) is 1. The van der Waals surface area contributed by atoms with Crippen LogP contribution < -0.4 is 11.1 Å². The minimum Gasteiger partial charge on any atom is -0.381 e. The van der Waals surface area contributed by atoms with Crippen molar-refractivity contribution in [1.82, 2.24) is 14.5 Å². The molecule has 4 aromatic rings. The van der Waals surface area contributed by atoms with Crippen molar-refractivity contribution in [3.05, 3.63) is 83.2 Å². The highest BCUT2D eigenvalue weighted by molar-refractivity contribution is 6.06. The van der Waals surface area contributed by atoms with E-state index in [1.807, 2.05) is 54.1 Å². The first kappa shape index (κ1) is 22.1. The topological polar surface area (TPSA) is 95.1 Å². The van der Waals surface area contributed by atoms with E-state index in [1.165, 1.54) is 5.56 Å². The minimum absolute atomic E-state index is 0.444. The van der Waals surface area contributed by atoms with Gasteiger partial charge in [-0.1, -0.05) is 36.4 Å². The summed E-state index contributed by atoms with van der Waals surface area (Å²) in [6.45, 7) is 4.29. The van der Waals surface area contributed by atoms with Crippen LogP contribution in [0.3, 0.4) is 0 Å². The lowest BCUT2D eigenvalue weighted by Gasteiger charge is -2.23. The highest BCUT2D eigenvalue weighted by atomic mass is 16.5. The molecule has 3 N–H and O–H groups in total. The van der Waals surface area contributed by atoms with Crippen molar-refractivity contribution < 1.29 is 9.53 Å². The molecule has 1 saturated heterocycles. The number of amides is 1. The lowest BCUT2D eigenvalue weighted by Crippen LogP contribution is -2.19. The first-order valence-corrected chi connectivity index (χ1v) is 11.7. The van der Waals surface area contributed by atoms with Crippen LogP contribution in [-0.4, -0.2) is 33.7 Å². The number of rotatable bonds is 7. The predicted octanol–water partition coefficient (Wildman–Crippen LogP) is 4.41. The lowest BCUT2D eigenvalue weighted by molar-refractivity contribution is 0.0665. The second-order valence-corrected chi connectivity index (χ2v) is 8.87. The molecule has 0 aliphatic carbocycles. The van der Waals surface area contributed by atoms with Crippen LogP contribution in [0, 0.1) is 12.8 Å². The van der Waals surface area contributed by atoms with E-state index >= 15 is 0 Å². The highest BCUT2D eigenvalue weighted by Gasteiger charge is 2.20. The molecule has 0 atom stereocenters. The maximum Gasteiger partial charge on any atom is 0.249 e. The van der Waals surface area contributed by atoms with Gasteiger partial charge in [-0.15, -0.1) is 0 Å². The Morgan fingerprint density at radius 1 is 1.15 bits per heavy atom. The first-order chi connectivity index (χ1) is 16.6. The minimum atomic E-state index is -0.444. The van der Waals surface area contributed by atoms with E-state index in [-0.39, 0.29) is 0 Å². The number of aryl methyl sites for hydroxylation is 1. The molecule has 7 nitrogen and oxygen atoms in total. The number of anilines is 1. The number of carbonyl (C=O) groups is 1. The van der Waals surface area contributed by atoms with Crippen molar-refractivity contribution in [3.8, 4) is 5.95 Å². The second-order valence-electron chi connectivity index (χ2n) is 8.87. The molecule has 3 heterocycles. The Balaban J connectivity index is 1.53. The molecule has 34 heavy (non-hydrogen) atoms. The highest BCUT2D eigenvalue weighted by Crippen LogP contribution is 2.28. The zero-order chi connectivity index (χ0) is 23.5. The Kier molecular flexibility index (Phi) is 6.27. The molecule has 1 aliphatic rings. The van der Waals surface area contributed by atoms with Crippen LogP contribution in [0.25, 0.3) is 16.9 Å². The van der Waals surface area contributed by atoms with Gasteiger partial charge in [-0.25, -0.2) is 4.98 Å². The van der Waals surface area contributed by atoms with Gasteiger partial charge in [0.25, 0.3) is 0 Å². The summed E-state index contributed by atoms with van der Waals surface area (Å²) in [5.74, 6) is 1.53. The monoisotopic (exact) mass is 455 g/mol. The van der Waals surface area contributed by atoms with Crippen molar-refractivity contribution in [2.24, 2.45) is 11.7 Å². The summed E-state index contributed by atoms with van der Waals surface area (Å²) in [6, 6.07) is 17.8. The molecule has 1 fully saturated rings. The Hall–Kier alpha value is -3.71. The molecule has 1 amide bonds. The number of primary amides is 1. The van der Waals surface area contributed by atoms with E-state index in [2.05, 4.69) is 17.4 Å². The van der Waals surface area contributed by atoms with Crippen molar-refractivity contribution in [2.45, 2.75) is 32.7 Å². The molecule has 7 heteroatoms. The third-order valence-corrected chi connectivity index (χ3v) is 6.50. The maximum absolute atomic E-state index is 11.9. The van der Waals surface area contributed by atoms with E-state index in [1.54, 1.807) is 6.07 Å². The Morgan fingerprint density at radius 3 is 2.71 bits per heavy atom. The average Bonchev–Trinajstić information content (AvgIpc) is 3.20. The van der Waals surface area contributed by atoms with Gasteiger partial charge >= 0.3 is 0 Å². The zero-order valence-corrected chi connectivity index (χ0v) is 19.3. The van der Waals surface area contributed by atoms with Crippen molar-refractivity contribution in [1.29, 1.82) is 0 Å². The fourth-order valence-corrected chi connectivity index (χ4v) is 4.69. The van der Waals surface area contributed by atoms with Crippen molar-refractivity contribution in [2.75, 3.05) is 18.5 Å². The Morgan fingerprint density at radius 2 is 1.94 bits per heavy atom. The van der Waals surface area contributed by atoms with Crippen LogP contribution in [0.2, 0.25) is 0 Å². The van der Waals surface area contributed by atoms with Crippen LogP contribution in [0.1, 0.15) is 40.0 Å². The number of nitrogens with one attached hydrogen (secondary N) is 1. The molecule has 2 aromatic heterocycles. The largest absolute Gasteiger partial charge is 0.381 e. The smallest absolute Gasteiger partial charge is 0.249 e. The van der Waals surface area contributed by atoms with E-state index in [0.717, 1.165) is 60.5 Å². The van der Waals surface area contributed by atoms with Crippen LogP contribution in [0.5, 0.6) is 0 Å². The Labute approximate surface area is 199 Å². The van der Waals surface area contributed by atoms with Gasteiger partial charge in [-0.3, -0.25) is 9.36 Å². The van der Waals surface area contributed by atoms with E-state index < -0.39 is 5.91 Å². The molecule has 0 saturated carbocycles. The number of nitrogens with zero attached hydrogens (tertiary/aromatic N) is 3. The van der Waals surface area contributed by atoms with Crippen LogP contribution in [0.15, 0.2) is 60.8 Å². The summed E-state index contributed by atoms with van der Waals surface area (Å²) in [7, 11) is 0. The predicted molar refractivity (Wildman–Crippen MR) is 133 cm³/mol. The van der Waals surface area contributed by atoms with Gasteiger partial charge < -0.3 is 15.8 Å².